The zero-order valence-corrected chi connectivity index (χ0v) is 10.6. The van der Waals surface area contributed by atoms with Gasteiger partial charge in [-0.25, -0.2) is 0 Å². The predicted molar refractivity (Wildman–Crippen MR) is 70.6 cm³/mol. The molecule has 0 radical (unpaired) electrons. The second kappa shape index (κ2) is 4.52. The monoisotopic (exact) mass is 245 g/mol. The fourth-order valence-electron chi connectivity index (χ4n) is 1.91. The summed E-state index contributed by atoms with van der Waals surface area (Å²) in [6.45, 7) is 1.86. The number of ether oxygens (including phenoxy) is 2. The SMILES string of the molecule is COc1cc2nc(C)cc(C(=N)N)c2cc1OC. The molecule has 0 bridgehead atoms. The van der Waals surface area contributed by atoms with E-state index in [1.807, 2.05) is 6.92 Å². The molecule has 0 amide bonds. The van der Waals surface area contributed by atoms with Gasteiger partial charge in [-0.05, 0) is 19.1 Å². The van der Waals surface area contributed by atoms with Crippen LogP contribution in [0, 0.1) is 12.3 Å². The molecular weight excluding hydrogens is 230 g/mol. The van der Waals surface area contributed by atoms with Crippen LogP contribution in [0.2, 0.25) is 0 Å². The Hall–Kier alpha value is -2.30. The van der Waals surface area contributed by atoms with E-state index in [1.165, 1.54) is 0 Å². The van der Waals surface area contributed by atoms with Gasteiger partial charge in [0.2, 0.25) is 0 Å². The van der Waals surface area contributed by atoms with E-state index in [9.17, 15) is 0 Å². The second-order valence-electron chi connectivity index (χ2n) is 3.95. The van der Waals surface area contributed by atoms with Crippen LogP contribution in [0.4, 0.5) is 0 Å². The summed E-state index contributed by atoms with van der Waals surface area (Å²) < 4.78 is 10.5. The first-order valence-corrected chi connectivity index (χ1v) is 5.44. The van der Waals surface area contributed by atoms with Gasteiger partial charge in [-0.15, -0.1) is 0 Å². The molecule has 0 unspecified atom stereocenters. The Labute approximate surface area is 105 Å². The Bertz CT molecular complexity index is 623. The highest BCUT2D eigenvalue weighted by atomic mass is 16.5. The molecule has 18 heavy (non-hydrogen) atoms. The standard InChI is InChI=1S/C13H15N3O2/c1-7-4-9(13(14)15)8-5-11(17-2)12(18-3)6-10(8)16-7/h4-6H,1-3H3,(H3,14,15). The van der Waals surface area contributed by atoms with Gasteiger partial charge in [0.05, 0.1) is 19.7 Å². The van der Waals surface area contributed by atoms with Crippen LogP contribution < -0.4 is 15.2 Å². The summed E-state index contributed by atoms with van der Waals surface area (Å²) in [4.78, 5) is 4.41. The van der Waals surface area contributed by atoms with Crippen LogP contribution in [0.5, 0.6) is 11.5 Å². The molecule has 0 saturated carbocycles. The van der Waals surface area contributed by atoms with E-state index in [0.29, 0.717) is 17.1 Å². The van der Waals surface area contributed by atoms with Crippen molar-refractivity contribution in [2.45, 2.75) is 6.92 Å². The maximum atomic E-state index is 7.62. The molecular formula is C13H15N3O2. The van der Waals surface area contributed by atoms with Crippen LogP contribution >= 0.6 is 0 Å². The number of fused-ring (bicyclic) bond motifs is 1. The van der Waals surface area contributed by atoms with E-state index < -0.39 is 0 Å². The minimum absolute atomic E-state index is 0.0118. The summed E-state index contributed by atoms with van der Waals surface area (Å²) in [6, 6.07) is 5.36. The highest BCUT2D eigenvalue weighted by Crippen LogP contribution is 2.32. The van der Waals surface area contributed by atoms with Gasteiger partial charge >= 0.3 is 0 Å². The molecule has 5 heteroatoms. The quantitative estimate of drug-likeness (QED) is 0.638. The third-order valence-corrected chi connectivity index (χ3v) is 2.73. The molecule has 1 aromatic heterocycles. The van der Waals surface area contributed by atoms with Crippen molar-refractivity contribution >= 4 is 16.7 Å². The fraction of sp³-hybridized carbons (Fsp3) is 0.231. The van der Waals surface area contributed by atoms with Gasteiger partial charge in [-0.1, -0.05) is 0 Å². The van der Waals surface area contributed by atoms with Gasteiger partial charge < -0.3 is 15.2 Å². The lowest BCUT2D eigenvalue weighted by Gasteiger charge is -2.11. The fourth-order valence-corrected chi connectivity index (χ4v) is 1.91. The Morgan fingerprint density at radius 1 is 1.17 bits per heavy atom. The summed E-state index contributed by atoms with van der Waals surface area (Å²) >= 11 is 0. The molecule has 1 aromatic carbocycles. The number of nitrogens with one attached hydrogen (secondary N) is 1. The molecule has 5 nitrogen and oxygen atoms in total. The number of nitrogens with zero attached hydrogens (tertiary/aromatic N) is 1. The van der Waals surface area contributed by atoms with Gasteiger partial charge in [0, 0.05) is 22.7 Å². The number of rotatable bonds is 3. The Morgan fingerprint density at radius 2 is 1.78 bits per heavy atom. The van der Waals surface area contributed by atoms with Crippen molar-refractivity contribution in [3.63, 3.8) is 0 Å². The molecule has 3 N–H and O–H groups in total. The van der Waals surface area contributed by atoms with Crippen molar-refractivity contribution in [1.29, 1.82) is 5.41 Å². The van der Waals surface area contributed by atoms with Gasteiger partial charge in [0.15, 0.2) is 11.5 Å². The third-order valence-electron chi connectivity index (χ3n) is 2.73. The summed E-state index contributed by atoms with van der Waals surface area (Å²) in [5, 5.41) is 8.40. The van der Waals surface area contributed by atoms with Gasteiger partial charge in [0.1, 0.15) is 5.84 Å². The molecule has 2 rings (SSSR count). The van der Waals surface area contributed by atoms with Crippen molar-refractivity contribution < 1.29 is 9.47 Å². The molecule has 0 aliphatic heterocycles. The molecule has 0 aliphatic rings. The van der Waals surface area contributed by atoms with Crippen LogP contribution in [-0.4, -0.2) is 25.0 Å². The van der Waals surface area contributed by atoms with E-state index in [2.05, 4.69) is 4.98 Å². The second-order valence-corrected chi connectivity index (χ2v) is 3.95. The van der Waals surface area contributed by atoms with E-state index in [-0.39, 0.29) is 5.84 Å². The van der Waals surface area contributed by atoms with Crippen LogP contribution in [0.15, 0.2) is 18.2 Å². The zero-order chi connectivity index (χ0) is 13.3. The van der Waals surface area contributed by atoms with E-state index in [0.717, 1.165) is 16.6 Å². The lowest BCUT2D eigenvalue weighted by molar-refractivity contribution is 0.356. The lowest BCUT2D eigenvalue weighted by Crippen LogP contribution is -2.12. The number of aryl methyl sites for hydroxylation is 1. The molecule has 0 atom stereocenters. The number of hydrogen-bond acceptors (Lipinski definition) is 4. The predicted octanol–water partition coefficient (Wildman–Crippen LogP) is 1.84. The normalized spacial score (nSPS) is 10.4. The molecule has 0 fully saturated rings. The maximum absolute atomic E-state index is 7.62. The summed E-state index contributed by atoms with van der Waals surface area (Å²) in [7, 11) is 3.14. The van der Waals surface area contributed by atoms with Crippen molar-refractivity contribution in [1.82, 2.24) is 4.98 Å². The van der Waals surface area contributed by atoms with E-state index in [4.69, 9.17) is 20.6 Å². The Balaban J connectivity index is 2.83. The van der Waals surface area contributed by atoms with Crippen molar-refractivity contribution in [2.24, 2.45) is 5.73 Å². The smallest absolute Gasteiger partial charge is 0.162 e. The molecule has 0 saturated heterocycles. The molecule has 94 valence electrons. The third kappa shape index (κ3) is 1.95. The minimum Gasteiger partial charge on any atom is -0.493 e. The van der Waals surface area contributed by atoms with Crippen LogP contribution in [0.3, 0.4) is 0 Å². The van der Waals surface area contributed by atoms with Crippen molar-refractivity contribution in [3.8, 4) is 11.5 Å². The van der Waals surface area contributed by atoms with E-state index >= 15 is 0 Å². The topological polar surface area (TPSA) is 81.2 Å². The summed E-state index contributed by atoms with van der Waals surface area (Å²) in [5.74, 6) is 1.22. The highest BCUT2D eigenvalue weighted by Gasteiger charge is 2.12. The first-order valence-electron chi connectivity index (χ1n) is 5.44. The molecule has 1 heterocycles. The van der Waals surface area contributed by atoms with E-state index in [1.54, 1.807) is 32.4 Å². The number of amidine groups is 1. The average Bonchev–Trinajstić information content (AvgIpc) is 2.35. The molecule has 0 aliphatic carbocycles. The van der Waals surface area contributed by atoms with Crippen molar-refractivity contribution in [3.05, 3.63) is 29.5 Å². The Morgan fingerprint density at radius 3 is 2.33 bits per heavy atom. The first-order chi connectivity index (χ1) is 8.56. The summed E-state index contributed by atoms with van der Waals surface area (Å²) in [5.41, 5.74) is 7.79. The van der Waals surface area contributed by atoms with Crippen LogP contribution in [0.1, 0.15) is 11.3 Å². The zero-order valence-electron chi connectivity index (χ0n) is 10.6. The Kier molecular flexibility index (Phi) is 3.06. The largest absolute Gasteiger partial charge is 0.493 e. The highest BCUT2D eigenvalue weighted by molar-refractivity contribution is 6.07. The van der Waals surface area contributed by atoms with Gasteiger partial charge in [-0.2, -0.15) is 0 Å². The average molecular weight is 245 g/mol. The molecule has 0 spiro atoms. The van der Waals surface area contributed by atoms with Gasteiger partial charge in [0.25, 0.3) is 0 Å². The van der Waals surface area contributed by atoms with Crippen molar-refractivity contribution in [2.75, 3.05) is 14.2 Å². The minimum atomic E-state index is 0.0118. The number of hydrogen-bond donors (Lipinski definition) is 2. The number of benzene rings is 1. The number of nitrogen functional groups attached to an aromatic ring is 1. The number of pyridine rings is 1. The number of nitrogens with two attached hydrogens (primary N) is 1. The first kappa shape index (κ1) is 12.2. The maximum Gasteiger partial charge on any atom is 0.162 e. The van der Waals surface area contributed by atoms with Gasteiger partial charge in [-0.3, -0.25) is 10.4 Å². The van der Waals surface area contributed by atoms with Crippen LogP contribution in [0.25, 0.3) is 10.9 Å². The molecule has 2 aromatic rings. The number of aromatic nitrogens is 1. The summed E-state index contributed by atoms with van der Waals surface area (Å²) in [6.07, 6.45) is 0. The number of methoxy groups -OCH3 is 2. The van der Waals surface area contributed by atoms with Crippen LogP contribution in [-0.2, 0) is 0 Å². The lowest BCUT2D eigenvalue weighted by atomic mass is 10.1.